The van der Waals surface area contributed by atoms with Gasteiger partial charge in [-0.15, -0.1) is 0 Å². The maximum absolute atomic E-state index is 6.10. The van der Waals surface area contributed by atoms with E-state index in [0.717, 1.165) is 25.4 Å². The highest BCUT2D eigenvalue weighted by Gasteiger charge is 2.26. The molecule has 4 nitrogen and oxygen atoms in total. The molecule has 2 heterocycles. The van der Waals surface area contributed by atoms with E-state index in [1.807, 2.05) is 6.92 Å². The standard InChI is InChI=1S/C16H28N2O2/c1-12(2)17-9-15-5-6-16(20-15)11-18(4)10-14-7-8-19-13(14)3/h7-8,12,15-17H,5-6,9-11H2,1-4H3. The molecule has 0 saturated carbocycles. The Balaban J connectivity index is 1.70. The topological polar surface area (TPSA) is 37.6 Å². The van der Waals surface area contributed by atoms with Crippen LogP contribution in [0.1, 0.15) is 38.0 Å². The zero-order valence-electron chi connectivity index (χ0n) is 13.2. The Labute approximate surface area is 122 Å². The zero-order valence-corrected chi connectivity index (χ0v) is 13.2. The molecule has 2 atom stereocenters. The summed E-state index contributed by atoms with van der Waals surface area (Å²) in [5.74, 6) is 1.02. The first-order valence-electron chi connectivity index (χ1n) is 7.65. The highest BCUT2D eigenvalue weighted by molar-refractivity contribution is 5.15. The average Bonchev–Trinajstić information content (AvgIpc) is 2.97. The minimum Gasteiger partial charge on any atom is -0.469 e. The Morgan fingerprint density at radius 1 is 1.35 bits per heavy atom. The number of rotatable bonds is 7. The molecule has 0 bridgehead atoms. The van der Waals surface area contributed by atoms with E-state index in [9.17, 15) is 0 Å². The summed E-state index contributed by atoms with van der Waals surface area (Å²) >= 11 is 0. The van der Waals surface area contributed by atoms with E-state index >= 15 is 0 Å². The molecule has 0 amide bonds. The summed E-state index contributed by atoms with van der Waals surface area (Å²) in [6.45, 7) is 9.25. The lowest BCUT2D eigenvalue weighted by molar-refractivity contribution is 0.0259. The molecule has 0 radical (unpaired) electrons. The molecule has 1 saturated heterocycles. The Kier molecular flexibility index (Phi) is 5.64. The molecular weight excluding hydrogens is 252 g/mol. The van der Waals surface area contributed by atoms with Crippen molar-refractivity contribution in [2.24, 2.45) is 0 Å². The van der Waals surface area contributed by atoms with Gasteiger partial charge in [0, 0.05) is 31.2 Å². The first-order chi connectivity index (χ1) is 9.54. The molecule has 1 aliphatic rings. The molecule has 1 aliphatic heterocycles. The minimum atomic E-state index is 0.367. The SMILES string of the molecule is Cc1occc1CN(C)CC1CCC(CNC(C)C)O1. The van der Waals surface area contributed by atoms with Gasteiger partial charge in [0.25, 0.3) is 0 Å². The van der Waals surface area contributed by atoms with Gasteiger partial charge in [-0.05, 0) is 32.9 Å². The first-order valence-corrected chi connectivity index (χ1v) is 7.65. The molecule has 1 aromatic rings. The third kappa shape index (κ3) is 4.62. The molecule has 2 unspecified atom stereocenters. The fourth-order valence-corrected chi connectivity index (χ4v) is 2.71. The second-order valence-electron chi connectivity index (χ2n) is 6.22. The highest BCUT2D eigenvalue weighted by Crippen LogP contribution is 2.21. The summed E-state index contributed by atoms with van der Waals surface area (Å²) in [7, 11) is 2.15. The molecule has 2 rings (SSSR count). The van der Waals surface area contributed by atoms with Gasteiger partial charge in [0.2, 0.25) is 0 Å². The van der Waals surface area contributed by atoms with Gasteiger partial charge in [0.1, 0.15) is 5.76 Å². The van der Waals surface area contributed by atoms with Gasteiger partial charge in [0.05, 0.1) is 18.5 Å². The van der Waals surface area contributed by atoms with Crippen LogP contribution in [0.25, 0.3) is 0 Å². The lowest BCUT2D eigenvalue weighted by Gasteiger charge is -2.21. The van der Waals surface area contributed by atoms with Crippen molar-refractivity contribution in [3.8, 4) is 0 Å². The molecule has 0 aliphatic carbocycles. The number of likely N-dealkylation sites (N-methyl/N-ethyl adjacent to an activating group) is 1. The maximum Gasteiger partial charge on any atom is 0.105 e. The number of hydrogen-bond donors (Lipinski definition) is 1. The van der Waals surface area contributed by atoms with Crippen LogP contribution in [-0.2, 0) is 11.3 Å². The van der Waals surface area contributed by atoms with E-state index < -0.39 is 0 Å². The van der Waals surface area contributed by atoms with E-state index in [1.54, 1.807) is 6.26 Å². The lowest BCUT2D eigenvalue weighted by Crippen LogP contribution is -2.34. The van der Waals surface area contributed by atoms with Gasteiger partial charge < -0.3 is 14.5 Å². The van der Waals surface area contributed by atoms with Crippen molar-refractivity contribution in [2.75, 3.05) is 20.1 Å². The molecule has 20 heavy (non-hydrogen) atoms. The van der Waals surface area contributed by atoms with E-state index in [0.29, 0.717) is 18.2 Å². The van der Waals surface area contributed by atoms with Crippen LogP contribution >= 0.6 is 0 Å². The van der Waals surface area contributed by atoms with Crippen LogP contribution in [-0.4, -0.2) is 43.3 Å². The molecule has 1 N–H and O–H groups in total. The van der Waals surface area contributed by atoms with Crippen molar-refractivity contribution in [3.05, 3.63) is 23.7 Å². The zero-order chi connectivity index (χ0) is 14.5. The second-order valence-corrected chi connectivity index (χ2v) is 6.22. The Hall–Kier alpha value is -0.840. The third-order valence-electron chi connectivity index (χ3n) is 3.87. The van der Waals surface area contributed by atoms with Gasteiger partial charge in [-0.3, -0.25) is 4.90 Å². The van der Waals surface area contributed by atoms with Crippen molar-refractivity contribution >= 4 is 0 Å². The molecule has 0 aromatic carbocycles. The van der Waals surface area contributed by atoms with Gasteiger partial charge >= 0.3 is 0 Å². The van der Waals surface area contributed by atoms with Gasteiger partial charge in [-0.2, -0.15) is 0 Å². The second kappa shape index (κ2) is 7.25. The van der Waals surface area contributed by atoms with Crippen molar-refractivity contribution in [1.29, 1.82) is 0 Å². The largest absolute Gasteiger partial charge is 0.469 e. The van der Waals surface area contributed by atoms with Gasteiger partial charge in [-0.1, -0.05) is 13.8 Å². The number of furan rings is 1. The summed E-state index contributed by atoms with van der Waals surface area (Å²) in [5, 5.41) is 3.45. The van der Waals surface area contributed by atoms with Crippen molar-refractivity contribution in [2.45, 2.75) is 58.4 Å². The summed E-state index contributed by atoms with van der Waals surface area (Å²) in [6, 6.07) is 2.58. The molecular formula is C16H28N2O2. The molecule has 4 heteroatoms. The fraction of sp³-hybridized carbons (Fsp3) is 0.750. The molecule has 1 fully saturated rings. The van der Waals surface area contributed by atoms with Gasteiger partial charge in [-0.25, -0.2) is 0 Å². The summed E-state index contributed by atoms with van der Waals surface area (Å²) in [4.78, 5) is 2.32. The fourth-order valence-electron chi connectivity index (χ4n) is 2.71. The predicted octanol–water partition coefficient (Wildman–Crippen LogP) is 2.57. The van der Waals surface area contributed by atoms with E-state index in [4.69, 9.17) is 9.15 Å². The molecule has 114 valence electrons. The van der Waals surface area contributed by atoms with Crippen LogP contribution in [0.15, 0.2) is 16.7 Å². The van der Waals surface area contributed by atoms with Crippen molar-refractivity contribution in [3.63, 3.8) is 0 Å². The Morgan fingerprint density at radius 3 is 2.75 bits per heavy atom. The van der Waals surface area contributed by atoms with Crippen molar-refractivity contribution < 1.29 is 9.15 Å². The first kappa shape index (κ1) is 15.5. The smallest absolute Gasteiger partial charge is 0.105 e. The van der Waals surface area contributed by atoms with E-state index in [-0.39, 0.29) is 0 Å². The van der Waals surface area contributed by atoms with Crippen LogP contribution in [0.5, 0.6) is 0 Å². The Morgan fingerprint density at radius 2 is 2.10 bits per heavy atom. The predicted molar refractivity (Wildman–Crippen MR) is 80.8 cm³/mol. The summed E-state index contributed by atoms with van der Waals surface area (Å²) < 4.78 is 11.4. The average molecular weight is 280 g/mol. The molecule has 1 aromatic heterocycles. The van der Waals surface area contributed by atoms with Crippen molar-refractivity contribution in [1.82, 2.24) is 10.2 Å². The van der Waals surface area contributed by atoms with Crippen LogP contribution in [0.4, 0.5) is 0 Å². The van der Waals surface area contributed by atoms with E-state index in [1.165, 1.54) is 18.4 Å². The minimum absolute atomic E-state index is 0.367. The number of nitrogens with one attached hydrogen (secondary N) is 1. The lowest BCUT2D eigenvalue weighted by atomic mass is 10.1. The van der Waals surface area contributed by atoms with Crippen LogP contribution < -0.4 is 5.32 Å². The maximum atomic E-state index is 6.10. The Bertz CT molecular complexity index is 403. The third-order valence-corrected chi connectivity index (χ3v) is 3.87. The number of nitrogens with zero attached hydrogens (tertiary/aromatic N) is 1. The summed E-state index contributed by atoms with van der Waals surface area (Å²) in [6.07, 6.45) is 4.85. The normalized spacial score (nSPS) is 23.1. The van der Waals surface area contributed by atoms with Gasteiger partial charge in [0.15, 0.2) is 0 Å². The monoisotopic (exact) mass is 280 g/mol. The number of ether oxygens (including phenoxy) is 1. The van der Waals surface area contributed by atoms with Crippen LogP contribution in [0.2, 0.25) is 0 Å². The number of aryl methyl sites for hydroxylation is 1. The van der Waals surface area contributed by atoms with Crippen LogP contribution in [0.3, 0.4) is 0 Å². The van der Waals surface area contributed by atoms with E-state index in [2.05, 4.69) is 37.2 Å². The number of hydrogen-bond acceptors (Lipinski definition) is 4. The highest BCUT2D eigenvalue weighted by atomic mass is 16.5. The summed E-state index contributed by atoms with van der Waals surface area (Å²) in [5.41, 5.74) is 1.27. The quantitative estimate of drug-likeness (QED) is 0.833. The van der Waals surface area contributed by atoms with Crippen LogP contribution in [0, 0.1) is 6.92 Å². The molecule has 0 spiro atoms.